The summed E-state index contributed by atoms with van der Waals surface area (Å²) in [6.45, 7) is 1.50. The van der Waals surface area contributed by atoms with Crippen LogP contribution in [0.1, 0.15) is 27.6 Å². The summed E-state index contributed by atoms with van der Waals surface area (Å²) in [5.74, 6) is -0.0352. The average Bonchev–Trinajstić information content (AvgIpc) is 2.90. The number of aldehydes is 1. The number of aromatic nitrogens is 3. The van der Waals surface area contributed by atoms with E-state index in [0.717, 1.165) is 23.0 Å². The van der Waals surface area contributed by atoms with Gasteiger partial charge in [0.15, 0.2) is 12.1 Å². The molecule has 0 aliphatic carbocycles. The van der Waals surface area contributed by atoms with Crippen LogP contribution >= 0.6 is 0 Å². The number of nitrogens with zero attached hydrogens (tertiary/aromatic N) is 3. The SMILES string of the molecule is CC(=O)c1cncc(-n2ccc3cc(C=O)cnc32)c1. The van der Waals surface area contributed by atoms with Crippen LogP contribution in [-0.2, 0) is 0 Å². The summed E-state index contributed by atoms with van der Waals surface area (Å²) in [6, 6.07) is 5.41. The maximum Gasteiger partial charge on any atom is 0.161 e. The van der Waals surface area contributed by atoms with Crippen molar-refractivity contribution in [3.8, 4) is 5.69 Å². The van der Waals surface area contributed by atoms with E-state index in [0.29, 0.717) is 11.1 Å². The van der Waals surface area contributed by atoms with Crippen LogP contribution in [0.2, 0.25) is 0 Å². The van der Waals surface area contributed by atoms with Crippen molar-refractivity contribution in [3.63, 3.8) is 0 Å². The zero-order chi connectivity index (χ0) is 14.1. The quantitative estimate of drug-likeness (QED) is 0.539. The summed E-state index contributed by atoms with van der Waals surface area (Å²) in [6.07, 6.45) is 7.33. The van der Waals surface area contributed by atoms with Crippen LogP contribution in [0.25, 0.3) is 16.7 Å². The summed E-state index contributed by atoms with van der Waals surface area (Å²) in [7, 11) is 0. The highest BCUT2D eigenvalue weighted by atomic mass is 16.1. The molecule has 0 bridgehead atoms. The Bertz CT molecular complexity index is 821. The monoisotopic (exact) mass is 265 g/mol. The first-order valence-corrected chi connectivity index (χ1v) is 6.07. The molecule has 0 amide bonds. The number of Topliss-reactive ketones (excluding diaryl/α,β-unsaturated/α-hetero) is 1. The minimum absolute atomic E-state index is 0.0352. The van der Waals surface area contributed by atoms with Crippen molar-refractivity contribution < 1.29 is 9.59 Å². The first-order valence-electron chi connectivity index (χ1n) is 6.07. The molecule has 3 aromatic heterocycles. The van der Waals surface area contributed by atoms with Crippen LogP contribution < -0.4 is 0 Å². The summed E-state index contributed by atoms with van der Waals surface area (Å²) in [5.41, 5.74) is 2.57. The molecular weight excluding hydrogens is 254 g/mol. The Hall–Kier alpha value is -2.82. The lowest BCUT2D eigenvalue weighted by atomic mass is 10.2. The topological polar surface area (TPSA) is 64.8 Å². The molecular formula is C15H11N3O2. The van der Waals surface area contributed by atoms with E-state index in [2.05, 4.69) is 9.97 Å². The van der Waals surface area contributed by atoms with Crippen molar-refractivity contribution in [2.24, 2.45) is 0 Å². The number of pyridine rings is 2. The van der Waals surface area contributed by atoms with Crippen molar-refractivity contribution in [1.82, 2.24) is 14.5 Å². The van der Waals surface area contributed by atoms with Gasteiger partial charge in [0.1, 0.15) is 5.65 Å². The van der Waals surface area contributed by atoms with Crippen LogP contribution in [0.5, 0.6) is 0 Å². The van der Waals surface area contributed by atoms with Crippen molar-refractivity contribution >= 4 is 23.1 Å². The van der Waals surface area contributed by atoms with Gasteiger partial charge >= 0.3 is 0 Å². The second-order valence-corrected chi connectivity index (χ2v) is 4.47. The molecule has 0 atom stereocenters. The Balaban J connectivity index is 2.17. The normalized spacial score (nSPS) is 10.7. The van der Waals surface area contributed by atoms with Crippen molar-refractivity contribution in [3.05, 3.63) is 54.1 Å². The summed E-state index contributed by atoms with van der Waals surface area (Å²) in [4.78, 5) is 30.5. The zero-order valence-corrected chi connectivity index (χ0v) is 10.8. The lowest BCUT2D eigenvalue weighted by molar-refractivity contribution is 0.101. The van der Waals surface area contributed by atoms with Gasteiger partial charge in [0.25, 0.3) is 0 Å². The maximum atomic E-state index is 11.4. The molecule has 0 spiro atoms. The number of rotatable bonds is 3. The third-order valence-corrected chi connectivity index (χ3v) is 3.09. The van der Waals surface area contributed by atoms with Gasteiger partial charge in [0.05, 0.1) is 11.9 Å². The third-order valence-electron chi connectivity index (χ3n) is 3.09. The van der Waals surface area contributed by atoms with Gasteiger partial charge in [-0.05, 0) is 25.1 Å². The van der Waals surface area contributed by atoms with Crippen LogP contribution in [0, 0.1) is 0 Å². The van der Waals surface area contributed by atoms with E-state index < -0.39 is 0 Å². The van der Waals surface area contributed by atoms with Gasteiger partial charge in [-0.2, -0.15) is 0 Å². The molecule has 0 fully saturated rings. The Kier molecular flexibility index (Phi) is 2.87. The minimum atomic E-state index is -0.0352. The van der Waals surface area contributed by atoms with Gasteiger partial charge in [-0.3, -0.25) is 19.1 Å². The number of hydrogen-bond acceptors (Lipinski definition) is 4. The highest BCUT2D eigenvalue weighted by molar-refractivity contribution is 5.94. The molecule has 5 nitrogen and oxygen atoms in total. The lowest BCUT2D eigenvalue weighted by Gasteiger charge is -2.05. The second kappa shape index (κ2) is 4.70. The van der Waals surface area contributed by atoms with Gasteiger partial charge in [0.2, 0.25) is 0 Å². The maximum absolute atomic E-state index is 11.4. The first-order chi connectivity index (χ1) is 9.69. The fraction of sp³-hybridized carbons (Fsp3) is 0.0667. The molecule has 3 aromatic rings. The first kappa shape index (κ1) is 12.2. The second-order valence-electron chi connectivity index (χ2n) is 4.47. The van der Waals surface area contributed by atoms with Crippen molar-refractivity contribution in [1.29, 1.82) is 0 Å². The number of hydrogen-bond donors (Lipinski definition) is 0. The van der Waals surface area contributed by atoms with Gasteiger partial charge in [-0.25, -0.2) is 4.98 Å². The number of carbonyl (C=O) groups excluding carboxylic acids is 2. The molecule has 5 heteroatoms. The van der Waals surface area contributed by atoms with Crippen LogP contribution in [0.3, 0.4) is 0 Å². The minimum Gasteiger partial charge on any atom is -0.300 e. The van der Waals surface area contributed by atoms with E-state index in [1.165, 1.54) is 19.3 Å². The summed E-state index contributed by atoms with van der Waals surface area (Å²) < 4.78 is 1.84. The highest BCUT2D eigenvalue weighted by Gasteiger charge is 2.08. The predicted octanol–water partition coefficient (Wildman–Crippen LogP) is 2.44. The molecule has 20 heavy (non-hydrogen) atoms. The molecule has 3 rings (SSSR count). The van der Waals surface area contributed by atoms with E-state index >= 15 is 0 Å². The smallest absolute Gasteiger partial charge is 0.161 e. The number of carbonyl (C=O) groups is 2. The molecule has 0 N–H and O–H groups in total. The van der Waals surface area contributed by atoms with E-state index in [1.54, 1.807) is 18.3 Å². The highest BCUT2D eigenvalue weighted by Crippen LogP contribution is 2.19. The van der Waals surface area contributed by atoms with Crippen LogP contribution in [0.15, 0.2) is 43.0 Å². The molecule has 0 aliphatic heterocycles. The standard InChI is InChI=1S/C15H11N3O2/c1-10(20)13-5-14(8-16-7-13)18-3-2-12-4-11(9-19)6-17-15(12)18/h2-9H,1H3. The van der Waals surface area contributed by atoms with Gasteiger partial charge in [0, 0.05) is 35.1 Å². The fourth-order valence-corrected chi connectivity index (χ4v) is 2.07. The van der Waals surface area contributed by atoms with E-state index in [4.69, 9.17) is 0 Å². The van der Waals surface area contributed by atoms with Gasteiger partial charge in [-0.1, -0.05) is 0 Å². The summed E-state index contributed by atoms with van der Waals surface area (Å²) >= 11 is 0. The largest absolute Gasteiger partial charge is 0.300 e. The van der Waals surface area contributed by atoms with Gasteiger partial charge < -0.3 is 0 Å². The molecule has 0 aromatic carbocycles. The predicted molar refractivity (Wildman–Crippen MR) is 74.3 cm³/mol. The Morgan fingerprint density at radius 2 is 2.10 bits per heavy atom. The number of ketones is 1. The van der Waals surface area contributed by atoms with Crippen LogP contribution in [-0.4, -0.2) is 26.6 Å². The average molecular weight is 265 g/mol. The zero-order valence-electron chi connectivity index (χ0n) is 10.8. The van der Waals surface area contributed by atoms with Crippen LogP contribution in [0.4, 0.5) is 0 Å². The Labute approximate surface area is 114 Å². The molecule has 0 saturated carbocycles. The number of fused-ring (bicyclic) bond motifs is 1. The molecule has 0 radical (unpaired) electrons. The molecule has 3 heterocycles. The summed E-state index contributed by atoms with van der Waals surface area (Å²) in [5, 5.41) is 0.864. The van der Waals surface area contributed by atoms with E-state index in [1.807, 2.05) is 16.8 Å². The van der Waals surface area contributed by atoms with Crippen molar-refractivity contribution in [2.75, 3.05) is 0 Å². The third kappa shape index (κ3) is 1.99. The molecule has 0 aliphatic rings. The van der Waals surface area contributed by atoms with Crippen molar-refractivity contribution in [2.45, 2.75) is 6.92 Å². The lowest BCUT2D eigenvalue weighted by Crippen LogP contribution is -1.99. The van der Waals surface area contributed by atoms with E-state index in [-0.39, 0.29) is 5.78 Å². The Morgan fingerprint density at radius 3 is 2.85 bits per heavy atom. The Morgan fingerprint density at radius 1 is 1.25 bits per heavy atom. The van der Waals surface area contributed by atoms with Gasteiger partial charge in [-0.15, -0.1) is 0 Å². The van der Waals surface area contributed by atoms with E-state index in [9.17, 15) is 9.59 Å². The molecule has 98 valence electrons. The molecule has 0 saturated heterocycles. The molecule has 0 unspecified atom stereocenters. The fourth-order valence-electron chi connectivity index (χ4n) is 2.07.